The van der Waals surface area contributed by atoms with E-state index in [1.807, 2.05) is 18.9 Å². The number of hydrogen-bond donors (Lipinski definition) is 1. The van der Waals surface area contributed by atoms with Crippen LogP contribution in [-0.2, 0) is 4.79 Å². The maximum Gasteiger partial charge on any atom is 0.239 e. The lowest BCUT2D eigenvalue weighted by molar-refractivity contribution is -0.134. The van der Waals surface area contributed by atoms with Crippen molar-refractivity contribution < 1.29 is 4.79 Å². The van der Waals surface area contributed by atoms with Crippen molar-refractivity contribution in [2.24, 2.45) is 0 Å². The number of nitrogens with zero attached hydrogens (tertiary/aromatic N) is 4. The maximum atomic E-state index is 12.6. The third-order valence-corrected chi connectivity index (χ3v) is 5.42. The summed E-state index contributed by atoms with van der Waals surface area (Å²) in [7, 11) is 1.97. The number of aryl methyl sites for hydroxylation is 1. The average Bonchev–Trinajstić information content (AvgIpc) is 3.14. The first kappa shape index (κ1) is 18.1. The number of anilines is 1. The third kappa shape index (κ3) is 4.11. The second kappa shape index (κ2) is 7.68. The molecule has 6 nitrogen and oxygen atoms in total. The molecule has 25 heavy (non-hydrogen) atoms. The minimum Gasteiger partial charge on any atom is -0.356 e. The Balaban J connectivity index is 1.61. The van der Waals surface area contributed by atoms with Gasteiger partial charge in [0.25, 0.3) is 0 Å². The minimum atomic E-state index is 0.0288. The van der Waals surface area contributed by atoms with Gasteiger partial charge in [-0.2, -0.15) is 0 Å². The molecule has 6 heteroatoms. The number of carbonyl (C=O) groups excluding carboxylic acids is 1. The molecule has 0 bridgehead atoms. The van der Waals surface area contributed by atoms with Gasteiger partial charge in [-0.3, -0.25) is 4.79 Å². The van der Waals surface area contributed by atoms with Crippen molar-refractivity contribution in [2.75, 3.05) is 31.6 Å². The number of carbonyl (C=O) groups is 1. The normalized spacial score (nSPS) is 21.8. The second-order valence-corrected chi connectivity index (χ2v) is 7.70. The van der Waals surface area contributed by atoms with E-state index < -0.39 is 0 Å². The first-order valence-corrected chi connectivity index (χ1v) is 9.56. The predicted octanol–water partition coefficient (Wildman–Crippen LogP) is 2.09. The molecule has 138 valence electrons. The summed E-state index contributed by atoms with van der Waals surface area (Å²) in [5.74, 6) is 2.53. The van der Waals surface area contributed by atoms with Gasteiger partial charge in [-0.1, -0.05) is 13.8 Å². The quantitative estimate of drug-likeness (QED) is 0.905. The van der Waals surface area contributed by atoms with Gasteiger partial charge in [-0.25, -0.2) is 9.97 Å². The van der Waals surface area contributed by atoms with E-state index >= 15 is 0 Å². The van der Waals surface area contributed by atoms with Crippen LogP contribution in [0.4, 0.5) is 5.82 Å². The molecule has 2 aliphatic heterocycles. The molecule has 0 radical (unpaired) electrons. The first-order valence-electron chi connectivity index (χ1n) is 9.56. The Labute approximate surface area is 151 Å². The van der Waals surface area contributed by atoms with E-state index in [9.17, 15) is 4.79 Å². The fourth-order valence-electron chi connectivity index (χ4n) is 3.80. The lowest BCUT2D eigenvalue weighted by atomic mass is 10.0. The molecule has 0 unspecified atom stereocenters. The number of aromatic nitrogens is 2. The largest absolute Gasteiger partial charge is 0.356 e. The van der Waals surface area contributed by atoms with Gasteiger partial charge in [-0.05, 0) is 39.2 Å². The van der Waals surface area contributed by atoms with Gasteiger partial charge in [0.15, 0.2) is 0 Å². The number of piperidine rings is 1. The second-order valence-electron chi connectivity index (χ2n) is 7.70. The molecule has 0 aromatic carbocycles. The van der Waals surface area contributed by atoms with Crippen LogP contribution in [0.3, 0.4) is 0 Å². The first-order chi connectivity index (χ1) is 12.0. The van der Waals surface area contributed by atoms with Crippen LogP contribution >= 0.6 is 0 Å². The number of hydrogen-bond acceptors (Lipinski definition) is 5. The van der Waals surface area contributed by atoms with Gasteiger partial charge in [0.05, 0.1) is 6.04 Å². The molecular formula is C19H31N5O. The van der Waals surface area contributed by atoms with E-state index in [1.165, 1.54) is 0 Å². The fourth-order valence-corrected chi connectivity index (χ4v) is 3.80. The summed E-state index contributed by atoms with van der Waals surface area (Å²) in [6.45, 7) is 9.13. The molecule has 0 spiro atoms. The Morgan fingerprint density at radius 1 is 1.28 bits per heavy atom. The molecule has 0 saturated carbocycles. The van der Waals surface area contributed by atoms with Gasteiger partial charge in [0, 0.05) is 43.9 Å². The zero-order valence-electron chi connectivity index (χ0n) is 16.0. The number of amides is 1. The summed E-state index contributed by atoms with van der Waals surface area (Å²) in [5.41, 5.74) is 1.02. The number of likely N-dealkylation sites (N-methyl/N-ethyl adjacent to an activating group) is 1. The standard InChI is InChI=1S/C19H31N5O/c1-13(2)18-21-14(3)12-17(22-18)24-10-7-15(8-11-24)23(4)19(25)16-6-5-9-20-16/h12-13,15-16,20H,5-11H2,1-4H3/t16-/m0/s1. The minimum absolute atomic E-state index is 0.0288. The Kier molecular flexibility index (Phi) is 5.57. The molecule has 1 N–H and O–H groups in total. The molecular weight excluding hydrogens is 314 g/mol. The van der Waals surface area contributed by atoms with Crippen LogP contribution < -0.4 is 10.2 Å². The van der Waals surface area contributed by atoms with Crippen LogP contribution in [0.15, 0.2) is 6.07 Å². The molecule has 3 heterocycles. The van der Waals surface area contributed by atoms with Crippen LogP contribution in [0.1, 0.15) is 57.0 Å². The highest BCUT2D eigenvalue weighted by atomic mass is 16.2. The van der Waals surface area contributed by atoms with Crippen molar-refractivity contribution in [3.05, 3.63) is 17.6 Å². The highest BCUT2D eigenvalue weighted by Gasteiger charge is 2.31. The average molecular weight is 345 g/mol. The highest BCUT2D eigenvalue weighted by Crippen LogP contribution is 2.23. The van der Waals surface area contributed by atoms with Crippen molar-refractivity contribution in [1.82, 2.24) is 20.2 Å². The smallest absolute Gasteiger partial charge is 0.239 e. The van der Waals surface area contributed by atoms with E-state index in [0.717, 1.165) is 62.7 Å². The molecule has 2 fully saturated rings. The molecule has 1 aromatic heterocycles. The molecule has 1 atom stereocenters. The van der Waals surface area contributed by atoms with Crippen molar-refractivity contribution in [3.8, 4) is 0 Å². The zero-order chi connectivity index (χ0) is 18.0. The van der Waals surface area contributed by atoms with E-state index in [2.05, 4.69) is 35.1 Å². The third-order valence-electron chi connectivity index (χ3n) is 5.42. The van der Waals surface area contributed by atoms with E-state index in [4.69, 9.17) is 4.98 Å². The molecule has 1 amide bonds. The summed E-state index contributed by atoms with van der Waals surface area (Å²) in [6, 6.07) is 2.43. The predicted molar refractivity (Wildman–Crippen MR) is 99.9 cm³/mol. The molecule has 2 saturated heterocycles. The van der Waals surface area contributed by atoms with Gasteiger partial charge in [0.1, 0.15) is 11.6 Å². The summed E-state index contributed by atoms with van der Waals surface area (Å²) < 4.78 is 0. The lowest BCUT2D eigenvalue weighted by Crippen LogP contribution is -2.50. The summed E-state index contributed by atoms with van der Waals surface area (Å²) in [4.78, 5) is 26.2. The van der Waals surface area contributed by atoms with Crippen molar-refractivity contribution >= 4 is 11.7 Å². The summed E-state index contributed by atoms with van der Waals surface area (Å²) in [5, 5.41) is 3.32. The van der Waals surface area contributed by atoms with Crippen LogP contribution in [0.2, 0.25) is 0 Å². The number of nitrogens with one attached hydrogen (secondary N) is 1. The fraction of sp³-hybridized carbons (Fsp3) is 0.737. The monoisotopic (exact) mass is 345 g/mol. The summed E-state index contributed by atoms with van der Waals surface area (Å²) >= 11 is 0. The van der Waals surface area contributed by atoms with Gasteiger partial charge in [-0.15, -0.1) is 0 Å². The molecule has 1 aromatic rings. The van der Waals surface area contributed by atoms with E-state index in [-0.39, 0.29) is 11.9 Å². The Morgan fingerprint density at radius 2 is 2.00 bits per heavy atom. The van der Waals surface area contributed by atoms with Crippen molar-refractivity contribution in [1.29, 1.82) is 0 Å². The zero-order valence-corrected chi connectivity index (χ0v) is 16.0. The van der Waals surface area contributed by atoms with Crippen LogP contribution in [0, 0.1) is 6.92 Å². The van der Waals surface area contributed by atoms with E-state index in [1.54, 1.807) is 0 Å². The van der Waals surface area contributed by atoms with Gasteiger partial charge >= 0.3 is 0 Å². The lowest BCUT2D eigenvalue weighted by Gasteiger charge is -2.38. The van der Waals surface area contributed by atoms with Gasteiger partial charge in [0.2, 0.25) is 5.91 Å². The summed E-state index contributed by atoms with van der Waals surface area (Å²) in [6.07, 6.45) is 4.07. The Morgan fingerprint density at radius 3 is 2.60 bits per heavy atom. The van der Waals surface area contributed by atoms with Crippen LogP contribution in [-0.4, -0.2) is 59.5 Å². The SMILES string of the molecule is Cc1cc(N2CCC(N(C)C(=O)[C@@H]3CCCN3)CC2)nc(C(C)C)n1. The van der Waals surface area contributed by atoms with E-state index in [0.29, 0.717) is 12.0 Å². The molecule has 3 rings (SSSR count). The topological polar surface area (TPSA) is 61.4 Å². The maximum absolute atomic E-state index is 12.6. The van der Waals surface area contributed by atoms with Crippen molar-refractivity contribution in [3.63, 3.8) is 0 Å². The van der Waals surface area contributed by atoms with Crippen molar-refractivity contribution in [2.45, 2.75) is 64.5 Å². The Hall–Kier alpha value is -1.69. The van der Waals surface area contributed by atoms with Gasteiger partial charge < -0.3 is 15.1 Å². The highest BCUT2D eigenvalue weighted by molar-refractivity contribution is 5.82. The Bertz CT molecular complexity index is 604. The molecule has 2 aliphatic rings. The molecule has 0 aliphatic carbocycles. The number of rotatable bonds is 4. The van der Waals surface area contributed by atoms with Crippen LogP contribution in [0.5, 0.6) is 0 Å². The van der Waals surface area contributed by atoms with Crippen LogP contribution in [0.25, 0.3) is 0 Å².